The highest BCUT2D eigenvalue weighted by Gasteiger charge is 2.52. The van der Waals surface area contributed by atoms with E-state index in [1.54, 1.807) is 0 Å². The molecule has 3 N–H and O–H groups in total. The summed E-state index contributed by atoms with van der Waals surface area (Å²) in [5.74, 6) is 0.315. The third-order valence-electron chi connectivity index (χ3n) is 4.09. The highest BCUT2D eigenvalue weighted by Crippen LogP contribution is 2.48. The van der Waals surface area contributed by atoms with Gasteiger partial charge >= 0.3 is 6.09 Å². The van der Waals surface area contributed by atoms with Crippen LogP contribution in [0.1, 0.15) is 48.0 Å². The minimum absolute atomic E-state index is 0.0256. The van der Waals surface area contributed by atoms with Crippen molar-refractivity contribution in [3.05, 3.63) is 0 Å². The Morgan fingerprint density at radius 2 is 2.00 bits per heavy atom. The Balaban J connectivity index is 2.57. The Morgan fingerprint density at radius 1 is 1.47 bits per heavy atom. The summed E-state index contributed by atoms with van der Waals surface area (Å²) >= 11 is -1.10. The van der Waals surface area contributed by atoms with Crippen LogP contribution in [-0.2, 0) is 11.4 Å². The fourth-order valence-electron chi connectivity index (χ4n) is 2.63. The summed E-state index contributed by atoms with van der Waals surface area (Å²) in [4.78, 5) is 10.7. The highest BCUT2D eigenvalue weighted by atomic mass is 32.2. The SMILES string of the molecule is CC(N[S@@+]([O-])C(C)(C)C)[C@@H]1C[C@H](NC(=O)O)C1(C)C. The molecule has 0 saturated heterocycles. The van der Waals surface area contributed by atoms with Crippen LogP contribution in [0.2, 0.25) is 0 Å². The molecule has 1 saturated carbocycles. The second kappa shape index (κ2) is 5.50. The molecule has 1 aliphatic carbocycles. The lowest BCUT2D eigenvalue weighted by Crippen LogP contribution is -2.63. The Kier molecular flexibility index (Phi) is 4.80. The maximum atomic E-state index is 12.1. The first kappa shape index (κ1) is 16.6. The molecule has 0 heterocycles. The number of carboxylic acid groups (broad SMARTS) is 1. The first-order valence-electron chi connectivity index (χ1n) is 6.63. The van der Waals surface area contributed by atoms with E-state index in [1.807, 2.05) is 27.7 Å². The van der Waals surface area contributed by atoms with Crippen molar-refractivity contribution in [1.29, 1.82) is 0 Å². The fourth-order valence-corrected chi connectivity index (χ4v) is 3.49. The van der Waals surface area contributed by atoms with Gasteiger partial charge in [-0.05, 0) is 45.4 Å². The lowest BCUT2D eigenvalue weighted by molar-refractivity contribution is -0.000692. The van der Waals surface area contributed by atoms with E-state index in [0.29, 0.717) is 5.92 Å². The van der Waals surface area contributed by atoms with Crippen LogP contribution in [-0.4, -0.2) is 32.6 Å². The molecule has 1 unspecified atom stereocenters. The van der Waals surface area contributed by atoms with Crippen molar-refractivity contribution in [2.24, 2.45) is 11.3 Å². The molecule has 5 nitrogen and oxygen atoms in total. The molecule has 1 fully saturated rings. The van der Waals surface area contributed by atoms with Gasteiger partial charge in [-0.1, -0.05) is 13.8 Å². The molecule has 0 aromatic rings. The zero-order chi connectivity index (χ0) is 15.0. The van der Waals surface area contributed by atoms with Crippen molar-refractivity contribution in [2.45, 2.75) is 64.8 Å². The van der Waals surface area contributed by atoms with E-state index >= 15 is 0 Å². The van der Waals surface area contributed by atoms with Gasteiger partial charge in [0.25, 0.3) is 0 Å². The maximum Gasteiger partial charge on any atom is 0.404 e. The predicted molar refractivity (Wildman–Crippen MR) is 77.3 cm³/mol. The molecule has 0 radical (unpaired) electrons. The summed E-state index contributed by atoms with van der Waals surface area (Å²) in [6, 6.07) is 0.0734. The standard InChI is InChI=1S/C13H26N2O3S/c1-8(15-19(18)12(2,3)4)9-7-10(13(9,5)6)14-11(16)17/h8-10,14-15H,7H2,1-6H3,(H,16,17)/t8?,9-,10-,19-/m0/s1. The van der Waals surface area contributed by atoms with Gasteiger partial charge in [0.05, 0.1) is 6.04 Å². The average Bonchev–Trinajstić information content (AvgIpc) is 2.21. The van der Waals surface area contributed by atoms with Gasteiger partial charge in [-0.3, -0.25) is 0 Å². The van der Waals surface area contributed by atoms with E-state index in [0.717, 1.165) is 6.42 Å². The molecular weight excluding hydrogens is 264 g/mol. The van der Waals surface area contributed by atoms with E-state index < -0.39 is 17.5 Å². The van der Waals surface area contributed by atoms with Crippen LogP contribution in [0.5, 0.6) is 0 Å². The Bertz CT molecular complexity index is 341. The van der Waals surface area contributed by atoms with Gasteiger partial charge in [0.15, 0.2) is 0 Å². The van der Waals surface area contributed by atoms with Crippen molar-refractivity contribution in [2.75, 3.05) is 0 Å². The third kappa shape index (κ3) is 3.77. The molecule has 112 valence electrons. The molecule has 19 heavy (non-hydrogen) atoms. The topological polar surface area (TPSA) is 84.4 Å². The van der Waals surface area contributed by atoms with Crippen LogP contribution in [0, 0.1) is 11.3 Å². The molecule has 0 bridgehead atoms. The zero-order valence-corrected chi connectivity index (χ0v) is 13.4. The van der Waals surface area contributed by atoms with E-state index in [-0.39, 0.29) is 22.2 Å². The number of hydrogen-bond acceptors (Lipinski definition) is 3. The van der Waals surface area contributed by atoms with Crippen molar-refractivity contribution >= 4 is 17.5 Å². The van der Waals surface area contributed by atoms with Crippen molar-refractivity contribution in [3.63, 3.8) is 0 Å². The molecule has 1 amide bonds. The van der Waals surface area contributed by atoms with Gasteiger partial charge in [0.2, 0.25) is 0 Å². The normalized spacial score (nSPS) is 29.2. The molecule has 1 aliphatic rings. The number of hydrogen-bond donors (Lipinski definition) is 3. The van der Waals surface area contributed by atoms with E-state index in [2.05, 4.69) is 23.9 Å². The monoisotopic (exact) mass is 290 g/mol. The lowest BCUT2D eigenvalue weighted by Gasteiger charge is -2.54. The third-order valence-corrected chi connectivity index (χ3v) is 5.79. The Morgan fingerprint density at radius 3 is 2.37 bits per heavy atom. The van der Waals surface area contributed by atoms with Crippen LogP contribution < -0.4 is 10.0 Å². The van der Waals surface area contributed by atoms with Gasteiger partial charge in [0.1, 0.15) is 4.75 Å². The van der Waals surface area contributed by atoms with Gasteiger partial charge in [-0.2, -0.15) is 0 Å². The second-order valence-electron chi connectivity index (χ2n) is 6.95. The van der Waals surface area contributed by atoms with Gasteiger partial charge < -0.3 is 15.0 Å². The summed E-state index contributed by atoms with van der Waals surface area (Å²) in [7, 11) is 0. The Hall–Kier alpha value is -0.460. The molecule has 4 atom stereocenters. The first-order chi connectivity index (χ1) is 8.46. The van der Waals surface area contributed by atoms with Crippen LogP contribution in [0.4, 0.5) is 4.79 Å². The summed E-state index contributed by atoms with van der Waals surface area (Å²) in [6.45, 7) is 11.9. The molecule has 0 aromatic heterocycles. The highest BCUT2D eigenvalue weighted by molar-refractivity contribution is 7.90. The molecule has 0 aliphatic heterocycles. The number of carbonyl (C=O) groups is 1. The van der Waals surface area contributed by atoms with Crippen molar-refractivity contribution in [3.8, 4) is 0 Å². The van der Waals surface area contributed by atoms with Crippen LogP contribution in [0.15, 0.2) is 0 Å². The lowest BCUT2D eigenvalue weighted by atomic mass is 9.56. The van der Waals surface area contributed by atoms with E-state index in [4.69, 9.17) is 5.11 Å². The molecule has 0 spiro atoms. The average molecular weight is 290 g/mol. The zero-order valence-electron chi connectivity index (χ0n) is 12.6. The Labute approximate surface area is 118 Å². The van der Waals surface area contributed by atoms with E-state index in [1.165, 1.54) is 0 Å². The minimum Gasteiger partial charge on any atom is -0.598 e. The second-order valence-corrected chi connectivity index (χ2v) is 8.95. The quantitative estimate of drug-likeness (QED) is 0.692. The van der Waals surface area contributed by atoms with Gasteiger partial charge in [0, 0.05) is 17.4 Å². The number of amides is 1. The molecule has 1 rings (SSSR count). The first-order valence-corrected chi connectivity index (χ1v) is 7.78. The van der Waals surface area contributed by atoms with Crippen LogP contribution in [0.3, 0.4) is 0 Å². The largest absolute Gasteiger partial charge is 0.598 e. The fraction of sp³-hybridized carbons (Fsp3) is 0.923. The smallest absolute Gasteiger partial charge is 0.404 e. The summed E-state index contributed by atoms with van der Waals surface area (Å²) in [5, 5.41) is 11.3. The maximum absolute atomic E-state index is 12.1. The summed E-state index contributed by atoms with van der Waals surface area (Å²) in [5.41, 5.74) is -0.118. The van der Waals surface area contributed by atoms with Crippen molar-refractivity contribution < 1.29 is 14.5 Å². The minimum atomic E-state index is -1.10. The molecular formula is C13H26N2O3S. The number of nitrogens with one attached hydrogen (secondary N) is 2. The van der Waals surface area contributed by atoms with E-state index in [9.17, 15) is 9.35 Å². The van der Waals surface area contributed by atoms with Gasteiger partial charge in [-0.15, -0.1) is 4.72 Å². The molecule has 0 aromatic carbocycles. The number of rotatable bonds is 4. The predicted octanol–water partition coefficient (Wildman–Crippen LogP) is 2.11. The summed E-state index contributed by atoms with van der Waals surface area (Å²) < 4.78 is 14.9. The summed E-state index contributed by atoms with van der Waals surface area (Å²) in [6.07, 6.45) is -0.190. The van der Waals surface area contributed by atoms with Crippen molar-refractivity contribution in [1.82, 2.24) is 10.0 Å². The molecule has 6 heteroatoms. The van der Waals surface area contributed by atoms with Crippen LogP contribution >= 0.6 is 0 Å². The van der Waals surface area contributed by atoms with Crippen LogP contribution in [0.25, 0.3) is 0 Å². The van der Waals surface area contributed by atoms with Gasteiger partial charge in [-0.25, -0.2) is 4.79 Å².